The van der Waals surface area contributed by atoms with Crippen molar-refractivity contribution in [2.45, 2.75) is 92.1 Å². The molecule has 0 aromatic heterocycles. The lowest BCUT2D eigenvalue weighted by atomic mass is 9.96. The van der Waals surface area contributed by atoms with Gasteiger partial charge in [-0.2, -0.15) is 0 Å². The van der Waals surface area contributed by atoms with E-state index in [2.05, 4.69) is 0 Å². The molecule has 0 aromatic rings. The first-order valence-corrected chi connectivity index (χ1v) is 11.4. The summed E-state index contributed by atoms with van der Waals surface area (Å²) in [5, 5.41) is 91.9. The van der Waals surface area contributed by atoms with Crippen molar-refractivity contribution >= 4 is 0 Å². The maximum Gasteiger partial charge on any atom is 0.187 e. The highest BCUT2D eigenvalue weighted by atomic mass is 16.8. The number of hydrogen-bond donors (Lipinski definition) is 9. The highest BCUT2D eigenvalue weighted by Crippen LogP contribution is 2.32. The number of hydrogen-bond acceptors (Lipinski definition) is 16. The number of methoxy groups -OCH3 is 2. The molecule has 212 valence electrons. The second-order valence-electron chi connectivity index (χ2n) is 8.82. The Kier molecular flexibility index (Phi) is 10.8. The summed E-state index contributed by atoms with van der Waals surface area (Å²) in [4.78, 5) is 0. The molecule has 0 aliphatic carbocycles. The Morgan fingerprint density at radius 1 is 0.528 bits per heavy atom. The van der Waals surface area contributed by atoms with E-state index in [0.29, 0.717) is 0 Å². The molecule has 7 unspecified atom stereocenters. The minimum Gasteiger partial charge on any atom is -0.394 e. The van der Waals surface area contributed by atoms with Gasteiger partial charge in [0, 0.05) is 14.2 Å². The minimum atomic E-state index is -1.85. The topological polar surface area (TPSA) is 247 Å². The molecule has 16 heteroatoms. The van der Waals surface area contributed by atoms with E-state index in [4.69, 9.17) is 33.2 Å². The molecule has 15 atom stereocenters. The summed E-state index contributed by atoms with van der Waals surface area (Å²) in [6.45, 7) is -1.60. The van der Waals surface area contributed by atoms with E-state index in [-0.39, 0.29) is 6.61 Å². The predicted molar refractivity (Wildman–Crippen MR) is 111 cm³/mol. The lowest BCUT2D eigenvalue weighted by molar-refractivity contribution is -0.378. The van der Waals surface area contributed by atoms with Gasteiger partial charge in [-0.3, -0.25) is 0 Å². The zero-order valence-electron chi connectivity index (χ0n) is 19.7. The smallest absolute Gasteiger partial charge is 0.187 e. The fourth-order valence-corrected chi connectivity index (χ4v) is 4.39. The summed E-state index contributed by atoms with van der Waals surface area (Å²) in [5.74, 6) is 0. The molecule has 0 bridgehead atoms. The van der Waals surface area contributed by atoms with E-state index in [0.717, 1.165) is 0 Å². The molecule has 3 saturated heterocycles. The van der Waals surface area contributed by atoms with Crippen LogP contribution in [-0.2, 0) is 33.2 Å². The van der Waals surface area contributed by atoms with Crippen LogP contribution in [0.1, 0.15) is 0 Å². The summed E-state index contributed by atoms with van der Waals surface area (Å²) in [6.07, 6.45) is -23.0. The molecule has 0 saturated carbocycles. The van der Waals surface area contributed by atoms with Crippen LogP contribution in [0, 0.1) is 0 Å². The van der Waals surface area contributed by atoms with Crippen molar-refractivity contribution in [3.63, 3.8) is 0 Å². The molecule has 36 heavy (non-hydrogen) atoms. The molecule has 3 aliphatic rings. The van der Waals surface area contributed by atoms with Gasteiger partial charge in [0.2, 0.25) is 0 Å². The highest BCUT2D eigenvalue weighted by Gasteiger charge is 2.53. The molecule has 0 radical (unpaired) electrons. The third kappa shape index (κ3) is 5.99. The van der Waals surface area contributed by atoms with Crippen LogP contribution >= 0.6 is 0 Å². The lowest BCUT2D eigenvalue weighted by Crippen LogP contribution is -2.66. The summed E-state index contributed by atoms with van der Waals surface area (Å²) in [5.41, 5.74) is 0. The first kappa shape index (κ1) is 29.9. The Morgan fingerprint density at radius 3 is 1.39 bits per heavy atom. The Bertz CT molecular complexity index is 668. The number of ether oxygens (including phenoxy) is 7. The SMILES string of the molecule is COCC1O[C@H](OC2C(CO)O[C@H](O[C@@H]3C(CO)O[C@H](OC)C(O)[C@H]3O)C(O)[C@H]2O)C(O)[C@@H](O)[C@@H]1O. The van der Waals surface area contributed by atoms with E-state index in [1.165, 1.54) is 14.2 Å². The molecule has 0 amide bonds. The van der Waals surface area contributed by atoms with Crippen molar-refractivity contribution in [1.82, 2.24) is 0 Å². The lowest BCUT2D eigenvalue weighted by Gasteiger charge is -2.48. The van der Waals surface area contributed by atoms with Gasteiger partial charge < -0.3 is 79.1 Å². The monoisotopic (exact) mass is 532 g/mol. The molecule has 3 aliphatic heterocycles. The third-order valence-corrected chi connectivity index (χ3v) is 6.46. The first-order valence-electron chi connectivity index (χ1n) is 11.4. The highest BCUT2D eigenvalue weighted by molar-refractivity contribution is 4.96. The van der Waals surface area contributed by atoms with Crippen LogP contribution in [0.25, 0.3) is 0 Å². The molecule has 3 fully saturated rings. The molecule has 0 spiro atoms. The van der Waals surface area contributed by atoms with Gasteiger partial charge in [-0.05, 0) is 0 Å². The van der Waals surface area contributed by atoms with Gasteiger partial charge >= 0.3 is 0 Å². The zero-order valence-corrected chi connectivity index (χ0v) is 19.7. The van der Waals surface area contributed by atoms with E-state index in [1.807, 2.05) is 0 Å². The normalized spacial score (nSPS) is 50.2. The van der Waals surface area contributed by atoms with Crippen molar-refractivity contribution < 1.29 is 79.1 Å². The Balaban J connectivity index is 1.71. The van der Waals surface area contributed by atoms with Gasteiger partial charge in [0.1, 0.15) is 73.2 Å². The summed E-state index contributed by atoms with van der Waals surface area (Å²) < 4.78 is 37.2. The second-order valence-corrected chi connectivity index (χ2v) is 8.82. The number of aliphatic hydroxyl groups is 9. The van der Waals surface area contributed by atoms with Crippen LogP contribution in [0.3, 0.4) is 0 Å². The average molecular weight is 532 g/mol. The van der Waals surface area contributed by atoms with Crippen LogP contribution in [-0.4, -0.2) is 172 Å². The third-order valence-electron chi connectivity index (χ3n) is 6.46. The van der Waals surface area contributed by atoms with Crippen molar-refractivity contribution in [2.75, 3.05) is 34.0 Å². The van der Waals surface area contributed by atoms with Gasteiger partial charge in [0.25, 0.3) is 0 Å². The van der Waals surface area contributed by atoms with E-state index >= 15 is 0 Å². The fraction of sp³-hybridized carbons (Fsp3) is 1.00. The number of aliphatic hydroxyl groups excluding tert-OH is 9. The molecule has 16 nitrogen and oxygen atoms in total. The van der Waals surface area contributed by atoms with Crippen molar-refractivity contribution in [3.8, 4) is 0 Å². The minimum absolute atomic E-state index is 0.163. The van der Waals surface area contributed by atoms with Crippen LogP contribution in [0.2, 0.25) is 0 Å². The predicted octanol–water partition coefficient (Wildman–Crippen LogP) is -6.26. The summed E-state index contributed by atoms with van der Waals surface area (Å²) >= 11 is 0. The fourth-order valence-electron chi connectivity index (χ4n) is 4.39. The van der Waals surface area contributed by atoms with Crippen LogP contribution < -0.4 is 0 Å². The van der Waals surface area contributed by atoms with Crippen molar-refractivity contribution in [2.24, 2.45) is 0 Å². The average Bonchev–Trinajstić information content (AvgIpc) is 2.87. The van der Waals surface area contributed by atoms with Crippen LogP contribution in [0.4, 0.5) is 0 Å². The first-order chi connectivity index (χ1) is 17.1. The molecular weight excluding hydrogens is 496 g/mol. The molecule has 3 rings (SSSR count). The molecule has 9 N–H and O–H groups in total. The summed E-state index contributed by atoms with van der Waals surface area (Å²) in [7, 11) is 2.54. The Labute approximate surface area is 206 Å². The van der Waals surface area contributed by atoms with Gasteiger partial charge in [-0.25, -0.2) is 0 Å². The van der Waals surface area contributed by atoms with Gasteiger partial charge in [0.15, 0.2) is 18.9 Å². The Morgan fingerprint density at radius 2 is 0.944 bits per heavy atom. The van der Waals surface area contributed by atoms with E-state index < -0.39 is 105 Å². The molecule has 0 aromatic carbocycles. The van der Waals surface area contributed by atoms with E-state index in [1.54, 1.807) is 0 Å². The van der Waals surface area contributed by atoms with Crippen molar-refractivity contribution in [1.29, 1.82) is 0 Å². The summed E-state index contributed by atoms with van der Waals surface area (Å²) in [6, 6.07) is 0. The molecular formula is C20H36O16. The molecule has 3 heterocycles. The second kappa shape index (κ2) is 12.9. The van der Waals surface area contributed by atoms with Gasteiger partial charge in [-0.15, -0.1) is 0 Å². The zero-order chi connectivity index (χ0) is 26.7. The largest absolute Gasteiger partial charge is 0.394 e. The Hall–Kier alpha value is -0.640. The van der Waals surface area contributed by atoms with Crippen molar-refractivity contribution in [3.05, 3.63) is 0 Å². The maximum absolute atomic E-state index is 10.7. The quantitative estimate of drug-likeness (QED) is 0.134. The van der Waals surface area contributed by atoms with Gasteiger partial charge in [0.05, 0.1) is 19.8 Å². The van der Waals surface area contributed by atoms with Crippen LogP contribution in [0.15, 0.2) is 0 Å². The van der Waals surface area contributed by atoms with Crippen LogP contribution in [0.5, 0.6) is 0 Å². The number of rotatable bonds is 9. The van der Waals surface area contributed by atoms with Gasteiger partial charge in [-0.1, -0.05) is 0 Å². The maximum atomic E-state index is 10.7. The standard InChI is InChI=1S/C20H36O16/c1-30-5-8-9(23)10(24)13(27)19(34-8)35-17-7(4-22)33-20(15(29)12(17)26)36-16-6(3-21)32-18(31-2)14(28)11(16)25/h6-29H,3-5H2,1-2H3/t6?,7?,8?,9-,10+,11-,12-,13?,14?,15?,16-,17?,18+,19-,20-/m1/s1. The van der Waals surface area contributed by atoms with E-state index in [9.17, 15) is 46.0 Å².